The summed E-state index contributed by atoms with van der Waals surface area (Å²) >= 11 is 3.01. The molecule has 1 N–H and O–H groups in total. The molecule has 0 aliphatic rings. The van der Waals surface area contributed by atoms with Gasteiger partial charge in [0.05, 0.1) is 11.6 Å². The van der Waals surface area contributed by atoms with Crippen LogP contribution in [0.3, 0.4) is 0 Å². The number of benzene rings is 1. The molecular formula is C13H9BrF5NO. The van der Waals surface area contributed by atoms with Crippen LogP contribution in [0, 0.1) is 29.1 Å². The lowest BCUT2D eigenvalue weighted by molar-refractivity contribution is 0.352. The molecular weight excluding hydrogens is 361 g/mol. The molecule has 0 fully saturated rings. The second kappa shape index (κ2) is 6.15. The van der Waals surface area contributed by atoms with Crippen LogP contribution >= 0.6 is 15.9 Å². The van der Waals surface area contributed by atoms with E-state index >= 15 is 0 Å². The smallest absolute Gasteiger partial charge is 0.200 e. The van der Waals surface area contributed by atoms with Gasteiger partial charge in [0.15, 0.2) is 27.9 Å². The van der Waals surface area contributed by atoms with Crippen LogP contribution < -0.4 is 5.32 Å². The largest absolute Gasteiger partial charge is 0.452 e. The summed E-state index contributed by atoms with van der Waals surface area (Å²) in [5.41, 5.74) is -0.977. The summed E-state index contributed by atoms with van der Waals surface area (Å²) in [5.74, 6) is -9.92. The molecule has 0 aliphatic heterocycles. The molecule has 0 aliphatic carbocycles. The Morgan fingerprint density at radius 1 is 1.00 bits per heavy atom. The fraction of sp³-hybridized carbons (Fsp3) is 0.231. The van der Waals surface area contributed by atoms with Gasteiger partial charge in [0, 0.05) is 0 Å². The highest BCUT2D eigenvalue weighted by molar-refractivity contribution is 9.10. The predicted molar refractivity (Wildman–Crippen MR) is 68.2 cm³/mol. The van der Waals surface area contributed by atoms with E-state index in [-0.39, 0.29) is 17.0 Å². The van der Waals surface area contributed by atoms with Crippen LogP contribution in [0.25, 0.3) is 0 Å². The molecule has 0 saturated heterocycles. The fourth-order valence-electron chi connectivity index (χ4n) is 1.91. The lowest BCUT2D eigenvalue weighted by Crippen LogP contribution is -2.25. The Morgan fingerprint density at radius 2 is 1.52 bits per heavy atom. The normalized spacial score (nSPS) is 12.7. The zero-order chi connectivity index (χ0) is 15.7. The standard InChI is InChI=1S/C13H9BrF5NO/c1-2-20-13(5-3-4-6(14)21-5)7-8(15)10(17)12(19)11(18)9(7)16/h3-4,13,20H,2H2,1H3. The third kappa shape index (κ3) is 2.82. The van der Waals surface area contributed by atoms with Crippen molar-refractivity contribution < 1.29 is 26.4 Å². The van der Waals surface area contributed by atoms with E-state index in [4.69, 9.17) is 4.42 Å². The van der Waals surface area contributed by atoms with Crippen molar-refractivity contribution >= 4 is 15.9 Å². The van der Waals surface area contributed by atoms with Crippen molar-refractivity contribution in [1.29, 1.82) is 0 Å². The molecule has 0 amide bonds. The van der Waals surface area contributed by atoms with Gasteiger partial charge < -0.3 is 9.73 Å². The van der Waals surface area contributed by atoms with E-state index < -0.39 is 40.7 Å². The summed E-state index contributed by atoms with van der Waals surface area (Å²) in [4.78, 5) is 0. The van der Waals surface area contributed by atoms with Crippen molar-refractivity contribution in [3.05, 3.63) is 57.2 Å². The van der Waals surface area contributed by atoms with Crippen LogP contribution in [-0.4, -0.2) is 6.54 Å². The minimum atomic E-state index is -2.19. The molecule has 8 heteroatoms. The van der Waals surface area contributed by atoms with E-state index in [0.717, 1.165) is 0 Å². The highest BCUT2D eigenvalue weighted by atomic mass is 79.9. The quantitative estimate of drug-likeness (QED) is 0.489. The lowest BCUT2D eigenvalue weighted by atomic mass is 10.0. The Kier molecular flexibility index (Phi) is 4.67. The number of hydrogen-bond acceptors (Lipinski definition) is 2. The Labute approximate surface area is 125 Å². The van der Waals surface area contributed by atoms with Crippen molar-refractivity contribution in [3.63, 3.8) is 0 Å². The third-order valence-corrected chi connectivity index (χ3v) is 3.25. The first-order chi connectivity index (χ1) is 9.88. The number of halogens is 6. The molecule has 21 heavy (non-hydrogen) atoms. The molecule has 0 spiro atoms. The van der Waals surface area contributed by atoms with E-state index in [1.807, 2.05) is 0 Å². The maximum Gasteiger partial charge on any atom is 0.200 e. The molecule has 1 aromatic carbocycles. The summed E-state index contributed by atoms with van der Waals surface area (Å²) < 4.78 is 72.8. The number of rotatable bonds is 4. The maximum atomic E-state index is 13.9. The van der Waals surface area contributed by atoms with Gasteiger partial charge in [-0.05, 0) is 34.6 Å². The predicted octanol–water partition coefficient (Wildman–Crippen LogP) is 4.44. The Morgan fingerprint density at radius 3 is 1.95 bits per heavy atom. The molecule has 0 bridgehead atoms. The summed E-state index contributed by atoms with van der Waals surface area (Å²) in [6.07, 6.45) is 0. The van der Waals surface area contributed by atoms with Crippen molar-refractivity contribution in [1.82, 2.24) is 5.32 Å². The lowest BCUT2D eigenvalue weighted by Gasteiger charge is -2.18. The van der Waals surface area contributed by atoms with Crippen molar-refractivity contribution in [2.24, 2.45) is 0 Å². The van der Waals surface area contributed by atoms with Crippen LogP contribution in [0.4, 0.5) is 22.0 Å². The number of nitrogens with one attached hydrogen (secondary N) is 1. The van der Waals surface area contributed by atoms with Crippen molar-refractivity contribution in [2.75, 3.05) is 6.54 Å². The molecule has 1 heterocycles. The summed E-state index contributed by atoms with van der Waals surface area (Å²) in [6.45, 7) is 1.85. The van der Waals surface area contributed by atoms with Gasteiger partial charge in [-0.3, -0.25) is 0 Å². The Balaban J connectivity index is 2.66. The second-order valence-corrected chi connectivity index (χ2v) is 4.90. The Hall–Kier alpha value is -1.41. The summed E-state index contributed by atoms with van der Waals surface area (Å²) in [5, 5.41) is 2.63. The number of furan rings is 1. The molecule has 0 radical (unpaired) electrons. The fourth-order valence-corrected chi connectivity index (χ4v) is 2.23. The minimum Gasteiger partial charge on any atom is -0.452 e. The zero-order valence-electron chi connectivity index (χ0n) is 10.6. The number of hydrogen-bond donors (Lipinski definition) is 1. The van der Waals surface area contributed by atoms with Gasteiger partial charge in [0.25, 0.3) is 0 Å². The molecule has 2 aromatic rings. The monoisotopic (exact) mass is 369 g/mol. The van der Waals surface area contributed by atoms with Crippen LogP contribution in [0.5, 0.6) is 0 Å². The Bertz CT molecular complexity index is 644. The van der Waals surface area contributed by atoms with Crippen molar-refractivity contribution in [2.45, 2.75) is 13.0 Å². The summed E-state index contributed by atoms with van der Waals surface area (Å²) in [6, 6.07) is 1.52. The van der Waals surface area contributed by atoms with Gasteiger partial charge in [-0.2, -0.15) is 0 Å². The first-order valence-electron chi connectivity index (χ1n) is 5.88. The molecule has 2 nitrogen and oxygen atoms in total. The van der Waals surface area contributed by atoms with Crippen LogP contribution in [-0.2, 0) is 0 Å². The average molecular weight is 370 g/mol. The zero-order valence-corrected chi connectivity index (χ0v) is 12.2. The van der Waals surface area contributed by atoms with Crippen LogP contribution in [0.1, 0.15) is 24.3 Å². The van der Waals surface area contributed by atoms with E-state index in [0.29, 0.717) is 0 Å². The third-order valence-electron chi connectivity index (χ3n) is 2.82. The van der Waals surface area contributed by atoms with E-state index in [2.05, 4.69) is 21.2 Å². The minimum absolute atomic E-state index is 0.0203. The van der Waals surface area contributed by atoms with E-state index in [1.165, 1.54) is 12.1 Å². The van der Waals surface area contributed by atoms with Gasteiger partial charge in [0.1, 0.15) is 5.76 Å². The molecule has 2 rings (SSSR count). The summed E-state index contributed by atoms with van der Waals surface area (Å²) in [7, 11) is 0. The van der Waals surface area contributed by atoms with Gasteiger partial charge >= 0.3 is 0 Å². The van der Waals surface area contributed by atoms with Gasteiger partial charge in [0.2, 0.25) is 5.82 Å². The topological polar surface area (TPSA) is 25.2 Å². The highest BCUT2D eigenvalue weighted by Crippen LogP contribution is 2.33. The first kappa shape index (κ1) is 16.0. The molecule has 1 aromatic heterocycles. The van der Waals surface area contributed by atoms with Crippen LogP contribution in [0.15, 0.2) is 21.2 Å². The maximum absolute atomic E-state index is 13.9. The highest BCUT2D eigenvalue weighted by Gasteiger charge is 2.32. The average Bonchev–Trinajstić information content (AvgIpc) is 2.88. The first-order valence-corrected chi connectivity index (χ1v) is 6.67. The molecule has 114 valence electrons. The second-order valence-electron chi connectivity index (χ2n) is 4.12. The van der Waals surface area contributed by atoms with Gasteiger partial charge in [-0.15, -0.1) is 0 Å². The molecule has 1 atom stereocenters. The van der Waals surface area contributed by atoms with Crippen molar-refractivity contribution in [3.8, 4) is 0 Å². The molecule has 1 unspecified atom stereocenters. The van der Waals surface area contributed by atoms with Gasteiger partial charge in [-0.25, -0.2) is 22.0 Å². The van der Waals surface area contributed by atoms with E-state index in [1.54, 1.807) is 6.92 Å². The van der Waals surface area contributed by atoms with Gasteiger partial charge in [-0.1, -0.05) is 6.92 Å². The van der Waals surface area contributed by atoms with Crippen LogP contribution in [0.2, 0.25) is 0 Å². The molecule has 0 saturated carbocycles. The van der Waals surface area contributed by atoms with E-state index in [9.17, 15) is 22.0 Å². The SMILES string of the molecule is CCNC(c1ccc(Br)o1)c1c(F)c(F)c(F)c(F)c1F.